The highest BCUT2D eigenvalue weighted by atomic mass is 79.9. The Bertz CT molecular complexity index is 742. The van der Waals surface area contributed by atoms with E-state index in [-0.39, 0.29) is 18.5 Å². The zero-order valence-corrected chi connectivity index (χ0v) is 13.7. The standard InChI is InChI=1S/C14H15BrN4O4/c15-8-3-10-12(13(20)18-7-17-10)11(4-8)23-6-9-5-19(14(21)22)2-1-16-9/h3-4,7,9,16H,1-2,5-6H2,(H,21,22)(H,17,18,20). The molecule has 1 aliphatic heterocycles. The number of fused-ring (bicyclic) bond motifs is 1. The van der Waals surface area contributed by atoms with Gasteiger partial charge in [-0.2, -0.15) is 0 Å². The third-order valence-electron chi connectivity index (χ3n) is 3.61. The molecule has 3 rings (SSSR count). The van der Waals surface area contributed by atoms with Gasteiger partial charge in [-0.25, -0.2) is 14.8 Å². The molecule has 122 valence electrons. The number of carbonyl (C=O) groups is 1. The summed E-state index contributed by atoms with van der Waals surface area (Å²) >= 11 is 3.38. The van der Waals surface area contributed by atoms with E-state index in [1.807, 2.05) is 0 Å². The first kappa shape index (κ1) is 15.8. The number of hydrogen-bond donors (Lipinski definition) is 3. The Morgan fingerprint density at radius 2 is 2.30 bits per heavy atom. The molecule has 0 saturated carbocycles. The van der Waals surface area contributed by atoms with E-state index in [0.717, 1.165) is 4.47 Å². The minimum absolute atomic E-state index is 0.124. The molecule has 0 radical (unpaired) electrons. The van der Waals surface area contributed by atoms with Crippen LogP contribution in [0, 0.1) is 0 Å². The maximum atomic E-state index is 11.0. The van der Waals surface area contributed by atoms with Crippen molar-refractivity contribution in [3.63, 3.8) is 0 Å². The number of aromatic nitrogens is 2. The van der Waals surface area contributed by atoms with Crippen molar-refractivity contribution >= 4 is 32.9 Å². The quantitative estimate of drug-likeness (QED) is 0.736. The van der Waals surface area contributed by atoms with Crippen LogP contribution in [0.2, 0.25) is 0 Å². The molecule has 1 aromatic carbocycles. The summed E-state index contributed by atoms with van der Waals surface area (Å²) in [6.45, 7) is 1.65. The zero-order chi connectivity index (χ0) is 16.4. The van der Waals surface area contributed by atoms with Crippen LogP contribution in [0.15, 0.2) is 22.9 Å². The average Bonchev–Trinajstić information content (AvgIpc) is 2.52. The monoisotopic (exact) mass is 382 g/mol. The molecule has 2 heterocycles. The lowest BCUT2D eigenvalue weighted by molar-refractivity contribution is 0.118. The predicted molar refractivity (Wildman–Crippen MR) is 85.8 cm³/mol. The largest absolute Gasteiger partial charge is 0.493 e. The van der Waals surface area contributed by atoms with E-state index in [4.69, 9.17) is 9.84 Å². The lowest BCUT2D eigenvalue weighted by Gasteiger charge is -2.31. The number of hydrogen-bond acceptors (Lipinski definition) is 6. The van der Waals surface area contributed by atoms with Gasteiger partial charge in [-0.3, -0.25) is 0 Å². The number of benzene rings is 1. The Labute approximate surface area is 140 Å². The van der Waals surface area contributed by atoms with Gasteiger partial charge in [0.05, 0.1) is 11.6 Å². The van der Waals surface area contributed by atoms with Crippen LogP contribution >= 0.6 is 15.9 Å². The molecule has 0 spiro atoms. The van der Waals surface area contributed by atoms with Crippen molar-refractivity contribution in [3.05, 3.63) is 22.9 Å². The van der Waals surface area contributed by atoms with Crippen molar-refractivity contribution in [3.8, 4) is 11.6 Å². The second kappa shape index (κ2) is 6.55. The Morgan fingerprint density at radius 1 is 1.48 bits per heavy atom. The molecule has 8 nitrogen and oxygen atoms in total. The molecule has 1 atom stereocenters. The van der Waals surface area contributed by atoms with Gasteiger partial charge in [-0.05, 0) is 12.1 Å². The average molecular weight is 383 g/mol. The second-order valence-corrected chi connectivity index (χ2v) is 6.10. The molecule has 1 aromatic heterocycles. The van der Waals surface area contributed by atoms with E-state index in [0.29, 0.717) is 36.3 Å². The minimum atomic E-state index is -0.935. The SMILES string of the molecule is O=C(O)N1CCNC(COc2cc(Br)cc3ncnc(O)c23)C1. The number of nitrogens with one attached hydrogen (secondary N) is 1. The van der Waals surface area contributed by atoms with Crippen molar-refractivity contribution in [1.82, 2.24) is 20.2 Å². The summed E-state index contributed by atoms with van der Waals surface area (Å²) in [6.07, 6.45) is 0.344. The molecule has 1 fully saturated rings. The Hall–Kier alpha value is -2.13. The molecule has 1 unspecified atom stereocenters. The summed E-state index contributed by atoms with van der Waals surface area (Å²) in [5.74, 6) is 0.294. The molecular weight excluding hydrogens is 368 g/mol. The molecule has 3 N–H and O–H groups in total. The Morgan fingerprint density at radius 3 is 3.09 bits per heavy atom. The summed E-state index contributed by atoms with van der Waals surface area (Å²) < 4.78 is 6.56. The normalized spacial score (nSPS) is 18.1. The number of halogens is 1. The first-order valence-corrected chi connectivity index (χ1v) is 7.81. The number of piperazine rings is 1. The van der Waals surface area contributed by atoms with Crippen LogP contribution in [0.3, 0.4) is 0 Å². The Kier molecular flexibility index (Phi) is 4.49. The Balaban J connectivity index is 1.78. The molecule has 2 aromatic rings. The predicted octanol–water partition coefficient (Wildman–Crippen LogP) is 1.43. The third kappa shape index (κ3) is 3.45. The molecule has 0 aliphatic carbocycles. The highest BCUT2D eigenvalue weighted by molar-refractivity contribution is 9.10. The molecular formula is C14H15BrN4O4. The number of rotatable bonds is 3. The van der Waals surface area contributed by atoms with Gasteiger partial charge in [0.2, 0.25) is 5.88 Å². The van der Waals surface area contributed by atoms with Gasteiger partial charge in [0.15, 0.2) is 0 Å². The molecule has 1 amide bonds. The fourth-order valence-corrected chi connectivity index (χ4v) is 2.94. The smallest absolute Gasteiger partial charge is 0.407 e. The molecule has 1 aliphatic rings. The lowest BCUT2D eigenvalue weighted by Crippen LogP contribution is -2.54. The molecule has 23 heavy (non-hydrogen) atoms. The first-order valence-electron chi connectivity index (χ1n) is 7.02. The van der Waals surface area contributed by atoms with Gasteiger partial charge in [0.25, 0.3) is 0 Å². The maximum absolute atomic E-state index is 11.0. The second-order valence-electron chi connectivity index (χ2n) is 5.19. The van der Waals surface area contributed by atoms with Crippen LogP contribution in [0.1, 0.15) is 0 Å². The van der Waals surface area contributed by atoms with E-state index in [1.54, 1.807) is 12.1 Å². The third-order valence-corrected chi connectivity index (χ3v) is 4.07. The van der Waals surface area contributed by atoms with Gasteiger partial charge in [-0.15, -0.1) is 0 Å². The number of nitrogens with zero attached hydrogens (tertiary/aromatic N) is 3. The number of ether oxygens (including phenoxy) is 1. The van der Waals surface area contributed by atoms with Crippen LogP contribution in [-0.2, 0) is 0 Å². The van der Waals surface area contributed by atoms with Crippen LogP contribution < -0.4 is 10.1 Å². The molecule has 9 heteroatoms. The van der Waals surface area contributed by atoms with Crippen LogP contribution in [-0.4, -0.2) is 63.5 Å². The van der Waals surface area contributed by atoms with Gasteiger partial charge in [0.1, 0.15) is 24.1 Å². The lowest BCUT2D eigenvalue weighted by atomic mass is 10.2. The van der Waals surface area contributed by atoms with E-state index >= 15 is 0 Å². The van der Waals surface area contributed by atoms with E-state index in [1.165, 1.54) is 11.2 Å². The topological polar surface area (TPSA) is 108 Å². The van der Waals surface area contributed by atoms with E-state index < -0.39 is 6.09 Å². The fourth-order valence-electron chi connectivity index (χ4n) is 2.52. The van der Waals surface area contributed by atoms with Crippen LogP contribution in [0.5, 0.6) is 11.6 Å². The van der Waals surface area contributed by atoms with Gasteiger partial charge >= 0.3 is 6.09 Å². The number of amides is 1. The van der Waals surface area contributed by atoms with Gasteiger partial charge in [-0.1, -0.05) is 15.9 Å². The molecule has 0 bridgehead atoms. The summed E-state index contributed by atoms with van der Waals surface area (Å²) in [6, 6.07) is 3.36. The van der Waals surface area contributed by atoms with Crippen molar-refractivity contribution in [2.24, 2.45) is 0 Å². The van der Waals surface area contributed by atoms with E-state index in [2.05, 4.69) is 31.2 Å². The van der Waals surface area contributed by atoms with Crippen molar-refractivity contribution < 1.29 is 19.7 Å². The summed E-state index contributed by atoms with van der Waals surface area (Å²) in [7, 11) is 0. The maximum Gasteiger partial charge on any atom is 0.407 e. The van der Waals surface area contributed by atoms with Crippen molar-refractivity contribution in [2.75, 3.05) is 26.2 Å². The highest BCUT2D eigenvalue weighted by Gasteiger charge is 2.23. The summed E-state index contributed by atoms with van der Waals surface area (Å²) in [4.78, 5) is 20.3. The fraction of sp³-hybridized carbons (Fsp3) is 0.357. The first-order chi connectivity index (χ1) is 11.0. The number of carboxylic acid groups (broad SMARTS) is 1. The highest BCUT2D eigenvalue weighted by Crippen LogP contribution is 2.33. The van der Waals surface area contributed by atoms with Gasteiger partial charge in [0, 0.05) is 24.1 Å². The van der Waals surface area contributed by atoms with Crippen LogP contribution in [0.25, 0.3) is 10.9 Å². The van der Waals surface area contributed by atoms with Crippen molar-refractivity contribution in [2.45, 2.75) is 6.04 Å². The van der Waals surface area contributed by atoms with Crippen LogP contribution in [0.4, 0.5) is 4.79 Å². The zero-order valence-electron chi connectivity index (χ0n) is 12.1. The summed E-state index contributed by atoms with van der Waals surface area (Å²) in [5.41, 5.74) is 0.561. The van der Waals surface area contributed by atoms with Crippen molar-refractivity contribution in [1.29, 1.82) is 0 Å². The van der Waals surface area contributed by atoms with Gasteiger partial charge < -0.3 is 25.2 Å². The van der Waals surface area contributed by atoms with E-state index in [9.17, 15) is 9.90 Å². The minimum Gasteiger partial charge on any atom is -0.493 e. The molecule has 1 saturated heterocycles. The summed E-state index contributed by atoms with van der Waals surface area (Å²) in [5, 5.41) is 22.7. The number of aromatic hydroxyl groups is 1.